The Bertz CT molecular complexity index is 829. The zero-order valence-corrected chi connectivity index (χ0v) is 16.3. The summed E-state index contributed by atoms with van der Waals surface area (Å²) in [7, 11) is -3.45. The molecule has 26 heavy (non-hydrogen) atoms. The second-order valence-corrected chi connectivity index (χ2v) is 8.93. The van der Waals surface area contributed by atoms with Gasteiger partial charge in [-0.15, -0.1) is 0 Å². The van der Waals surface area contributed by atoms with Crippen molar-refractivity contribution in [3.63, 3.8) is 0 Å². The normalized spacial score (nSPS) is 16.7. The first-order valence-electron chi connectivity index (χ1n) is 9.12. The Morgan fingerprint density at radius 3 is 2.50 bits per heavy atom. The van der Waals surface area contributed by atoms with E-state index in [1.54, 1.807) is 6.07 Å². The van der Waals surface area contributed by atoms with Gasteiger partial charge in [-0.05, 0) is 80.6 Å². The lowest BCUT2D eigenvalue weighted by atomic mass is 9.97. The van der Waals surface area contributed by atoms with E-state index in [-0.39, 0.29) is 0 Å². The number of nitrogens with one attached hydrogen (secondary N) is 1. The van der Waals surface area contributed by atoms with E-state index in [2.05, 4.69) is 14.6 Å². The van der Waals surface area contributed by atoms with Crippen LogP contribution in [-0.2, 0) is 16.6 Å². The highest BCUT2D eigenvalue weighted by atomic mass is 32.2. The third kappa shape index (κ3) is 4.90. The molecule has 1 aliphatic heterocycles. The molecule has 0 saturated carbocycles. The predicted octanol–water partition coefficient (Wildman–Crippen LogP) is 2.89. The minimum absolute atomic E-state index is 0.392. The summed E-state index contributed by atoms with van der Waals surface area (Å²) in [6.07, 6.45) is 5.68. The van der Waals surface area contributed by atoms with Gasteiger partial charge < -0.3 is 0 Å². The average molecular weight is 374 g/mol. The Balaban J connectivity index is 1.51. The van der Waals surface area contributed by atoms with Crippen LogP contribution >= 0.6 is 0 Å². The third-order valence-corrected chi connectivity index (χ3v) is 6.62. The molecule has 0 aliphatic carbocycles. The van der Waals surface area contributed by atoms with Gasteiger partial charge >= 0.3 is 0 Å². The number of pyridine rings is 1. The van der Waals surface area contributed by atoms with Gasteiger partial charge in [0.15, 0.2) is 0 Å². The maximum absolute atomic E-state index is 12.6. The monoisotopic (exact) mass is 373 g/mol. The van der Waals surface area contributed by atoms with E-state index in [9.17, 15) is 8.42 Å². The number of sulfonamides is 1. The standard InChI is InChI=1S/C20H27N3O2S/c1-16-3-4-17(2)20(13-16)26(24,25)22-14-18-7-11-23(12-8-18)15-19-5-9-21-10-6-19/h3-6,9-10,13,18,22H,7-8,11-12,14-15H2,1-2H3. The van der Waals surface area contributed by atoms with Gasteiger partial charge in [0.1, 0.15) is 0 Å². The van der Waals surface area contributed by atoms with Crippen LogP contribution in [0, 0.1) is 19.8 Å². The van der Waals surface area contributed by atoms with Crippen molar-refractivity contribution in [3.05, 3.63) is 59.4 Å². The molecule has 2 heterocycles. The van der Waals surface area contributed by atoms with Crippen molar-refractivity contribution in [2.24, 2.45) is 5.92 Å². The van der Waals surface area contributed by atoms with Crippen molar-refractivity contribution >= 4 is 10.0 Å². The minimum Gasteiger partial charge on any atom is -0.299 e. The Morgan fingerprint density at radius 2 is 1.81 bits per heavy atom. The Labute approximate surface area is 156 Å². The predicted molar refractivity (Wildman–Crippen MR) is 103 cm³/mol. The van der Waals surface area contributed by atoms with Crippen molar-refractivity contribution < 1.29 is 8.42 Å². The van der Waals surface area contributed by atoms with Crippen LogP contribution in [0.15, 0.2) is 47.6 Å². The van der Waals surface area contributed by atoms with Crippen molar-refractivity contribution in [2.45, 2.75) is 38.1 Å². The molecular weight excluding hydrogens is 346 g/mol. The topological polar surface area (TPSA) is 62.3 Å². The van der Waals surface area contributed by atoms with Gasteiger partial charge in [0.05, 0.1) is 4.90 Å². The molecule has 1 saturated heterocycles. The lowest BCUT2D eigenvalue weighted by Gasteiger charge is -2.32. The quantitative estimate of drug-likeness (QED) is 0.846. The highest BCUT2D eigenvalue weighted by Crippen LogP contribution is 2.20. The maximum Gasteiger partial charge on any atom is 0.240 e. The first-order chi connectivity index (χ1) is 12.4. The lowest BCUT2D eigenvalue weighted by Crippen LogP contribution is -2.38. The van der Waals surface area contributed by atoms with Crippen molar-refractivity contribution in [1.29, 1.82) is 0 Å². The second kappa shape index (κ2) is 8.29. The van der Waals surface area contributed by atoms with E-state index in [0.29, 0.717) is 17.4 Å². The van der Waals surface area contributed by atoms with Crippen LogP contribution in [0.4, 0.5) is 0 Å². The van der Waals surface area contributed by atoms with Crippen LogP contribution < -0.4 is 4.72 Å². The molecule has 1 aromatic carbocycles. The van der Waals surface area contributed by atoms with Crippen LogP contribution in [0.1, 0.15) is 29.5 Å². The number of likely N-dealkylation sites (tertiary alicyclic amines) is 1. The van der Waals surface area contributed by atoms with Crippen molar-refractivity contribution in [2.75, 3.05) is 19.6 Å². The molecular formula is C20H27N3O2S. The summed E-state index contributed by atoms with van der Waals surface area (Å²) < 4.78 is 28.1. The molecule has 0 bridgehead atoms. The molecule has 1 aromatic heterocycles. The number of piperidine rings is 1. The number of aryl methyl sites for hydroxylation is 2. The van der Waals surface area contributed by atoms with E-state index in [1.165, 1.54) is 5.56 Å². The summed E-state index contributed by atoms with van der Waals surface area (Å²) >= 11 is 0. The van der Waals surface area contributed by atoms with Gasteiger partial charge in [-0.1, -0.05) is 12.1 Å². The van der Waals surface area contributed by atoms with E-state index < -0.39 is 10.0 Å². The molecule has 2 aromatic rings. The number of hydrogen-bond donors (Lipinski definition) is 1. The van der Waals surface area contributed by atoms with Crippen LogP contribution in [0.3, 0.4) is 0 Å². The summed E-state index contributed by atoms with van der Waals surface area (Å²) in [5.41, 5.74) is 3.02. The molecule has 0 unspecified atom stereocenters. The summed E-state index contributed by atoms with van der Waals surface area (Å²) in [6, 6.07) is 9.64. The Morgan fingerprint density at radius 1 is 1.12 bits per heavy atom. The number of hydrogen-bond acceptors (Lipinski definition) is 4. The van der Waals surface area contributed by atoms with Crippen LogP contribution in [0.2, 0.25) is 0 Å². The fourth-order valence-corrected chi connectivity index (χ4v) is 4.84. The van der Waals surface area contributed by atoms with Crippen LogP contribution in [-0.4, -0.2) is 37.9 Å². The van der Waals surface area contributed by atoms with E-state index >= 15 is 0 Å². The van der Waals surface area contributed by atoms with Crippen LogP contribution in [0.5, 0.6) is 0 Å². The van der Waals surface area contributed by atoms with Crippen molar-refractivity contribution in [1.82, 2.24) is 14.6 Å². The molecule has 0 atom stereocenters. The van der Waals surface area contributed by atoms with Gasteiger partial charge in [0, 0.05) is 25.5 Å². The molecule has 140 valence electrons. The molecule has 1 fully saturated rings. The van der Waals surface area contributed by atoms with Crippen LogP contribution in [0.25, 0.3) is 0 Å². The summed E-state index contributed by atoms with van der Waals surface area (Å²) in [6.45, 7) is 7.20. The van der Waals surface area contributed by atoms with E-state index in [0.717, 1.165) is 43.6 Å². The molecule has 1 aliphatic rings. The fourth-order valence-electron chi connectivity index (χ4n) is 3.40. The first-order valence-corrected chi connectivity index (χ1v) is 10.6. The molecule has 5 nitrogen and oxygen atoms in total. The van der Waals surface area contributed by atoms with E-state index in [1.807, 2.05) is 50.5 Å². The molecule has 0 amide bonds. The van der Waals surface area contributed by atoms with Gasteiger partial charge in [0.25, 0.3) is 0 Å². The molecule has 0 spiro atoms. The highest BCUT2D eigenvalue weighted by molar-refractivity contribution is 7.89. The molecule has 6 heteroatoms. The minimum atomic E-state index is -3.45. The fraction of sp³-hybridized carbons (Fsp3) is 0.450. The van der Waals surface area contributed by atoms with Gasteiger partial charge in [-0.3, -0.25) is 9.88 Å². The Kier molecular flexibility index (Phi) is 6.06. The molecule has 1 N–H and O–H groups in total. The lowest BCUT2D eigenvalue weighted by molar-refractivity contribution is 0.178. The highest BCUT2D eigenvalue weighted by Gasteiger charge is 2.23. The molecule has 3 rings (SSSR count). The zero-order chi connectivity index (χ0) is 18.6. The van der Waals surface area contributed by atoms with Gasteiger partial charge in [0.2, 0.25) is 10.0 Å². The number of rotatable bonds is 6. The number of aromatic nitrogens is 1. The zero-order valence-electron chi connectivity index (χ0n) is 15.5. The smallest absolute Gasteiger partial charge is 0.240 e. The number of nitrogens with zero attached hydrogens (tertiary/aromatic N) is 2. The van der Waals surface area contributed by atoms with Gasteiger partial charge in [-0.2, -0.15) is 0 Å². The average Bonchev–Trinajstić information content (AvgIpc) is 2.64. The van der Waals surface area contributed by atoms with E-state index in [4.69, 9.17) is 0 Å². The third-order valence-electron chi connectivity index (χ3n) is 5.06. The SMILES string of the molecule is Cc1ccc(C)c(S(=O)(=O)NCC2CCN(Cc3ccncc3)CC2)c1. The summed E-state index contributed by atoms with van der Waals surface area (Å²) in [5, 5.41) is 0. The molecule has 0 radical (unpaired) electrons. The first kappa shape index (κ1) is 19.0. The number of benzene rings is 1. The largest absolute Gasteiger partial charge is 0.299 e. The maximum atomic E-state index is 12.6. The summed E-state index contributed by atoms with van der Waals surface area (Å²) in [4.78, 5) is 6.87. The van der Waals surface area contributed by atoms with Gasteiger partial charge in [-0.25, -0.2) is 13.1 Å². The Hall–Kier alpha value is -1.76. The second-order valence-electron chi connectivity index (χ2n) is 7.20. The summed E-state index contributed by atoms with van der Waals surface area (Å²) in [5.74, 6) is 0.392. The van der Waals surface area contributed by atoms with Crippen molar-refractivity contribution in [3.8, 4) is 0 Å².